The van der Waals surface area contributed by atoms with Crippen molar-refractivity contribution >= 4 is 38.3 Å². The third kappa shape index (κ3) is 2.92. The molecule has 1 aliphatic rings. The van der Waals surface area contributed by atoms with Crippen LogP contribution in [0.2, 0.25) is 0 Å². The van der Waals surface area contributed by atoms with Crippen LogP contribution in [0, 0.1) is 0 Å². The van der Waals surface area contributed by atoms with E-state index in [4.69, 9.17) is 5.73 Å². The van der Waals surface area contributed by atoms with Crippen LogP contribution in [0.25, 0.3) is 0 Å². The SMILES string of the molecule is N[C@H]1CCc2nc(NC(=O)c3ccc(Br)cc3)sc2C1. The van der Waals surface area contributed by atoms with Gasteiger partial charge < -0.3 is 5.73 Å². The zero-order valence-corrected chi connectivity index (χ0v) is 13.1. The minimum atomic E-state index is -0.132. The monoisotopic (exact) mass is 351 g/mol. The van der Waals surface area contributed by atoms with Gasteiger partial charge >= 0.3 is 0 Å². The summed E-state index contributed by atoms with van der Waals surface area (Å²) in [6.07, 6.45) is 2.74. The van der Waals surface area contributed by atoms with Crippen LogP contribution in [0.1, 0.15) is 27.3 Å². The van der Waals surface area contributed by atoms with Crippen LogP contribution in [0.4, 0.5) is 5.13 Å². The van der Waals surface area contributed by atoms with Gasteiger partial charge in [0.15, 0.2) is 5.13 Å². The lowest BCUT2D eigenvalue weighted by Gasteiger charge is -2.15. The van der Waals surface area contributed by atoms with E-state index in [0.717, 1.165) is 29.4 Å². The normalized spacial score (nSPS) is 17.6. The molecule has 3 rings (SSSR count). The number of carbonyl (C=O) groups is 1. The molecule has 6 heteroatoms. The van der Waals surface area contributed by atoms with Gasteiger partial charge in [-0.25, -0.2) is 4.98 Å². The summed E-state index contributed by atoms with van der Waals surface area (Å²) in [5.41, 5.74) is 7.66. The first-order valence-electron chi connectivity index (χ1n) is 6.43. The number of amides is 1. The molecule has 0 bridgehead atoms. The summed E-state index contributed by atoms with van der Waals surface area (Å²) in [4.78, 5) is 17.8. The van der Waals surface area contributed by atoms with E-state index in [1.165, 1.54) is 16.2 Å². The lowest BCUT2D eigenvalue weighted by molar-refractivity contribution is 0.102. The third-order valence-electron chi connectivity index (χ3n) is 3.30. The molecule has 0 saturated carbocycles. The highest BCUT2D eigenvalue weighted by molar-refractivity contribution is 9.10. The summed E-state index contributed by atoms with van der Waals surface area (Å²) in [5, 5.41) is 3.53. The van der Waals surface area contributed by atoms with Crippen molar-refractivity contribution in [1.29, 1.82) is 0 Å². The Labute approximate surface area is 129 Å². The van der Waals surface area contributed by atoms with E-state index in [1.54, 1.807) is 12.1 Å². The number of benzene rings is 1. The van der Waals surface area contributed by atoms with Gasteiger partial charge in [0.25, 0.3) is 5.91 Å². The number of hydrogen-bond donors (Lipinski definition) is 2. The molecule has 1 amide bonds. The number of aromatic nitrogens is 1. The second-order valence-corrected chi connectivity index (χ2v) is 6.85. The van der Waals surface area contributed by atoms with Crippen LogP contribution in [0.15, 0.2) is 28.7 Å². The molecular formula is C14H14BrN3OS. The van der Waals surface area contributed by atoms with Crippen LogP contribution < -0.4 is 11.1 Å². The van der Waals surface area contributed by atoms with Crippen LogP contribution in [0.5, 0.6) is 0 Å². The smallest absolute Gasteiger partial charge is 0.257 e. The van der Waals surface area contributed by atoms with Gasteiger partial charge in [-0.15, -0.1) is 11.3 Å². The number of nitrogens with one attached hydrogen (secondary N) is 1. The quantitative estimate of drug-likeness (QED) is 0.873. The van der Waals surface area contributed by atoms with Crippen molar-refractivity contribution < 1.29 is 4.79 Å². The molecule has 20 heavy (non-hydrogen) atoms. The second kappa shape index (κ2) is 5.63. The summed E-state index contributed by atoms with van der Waals surface area (Å²) in [6.45, 7) is 0. The number of aryl methyl sites for hydroxylation is 1. The number of carbonyl (C=O) groups excluding carboxylic acids is 1. The van der Waals surface area contributed by atoms with Gasteiger partial charge in [-0.1, -0.05) is 15.9 Å². The van der Waals surface area contributed by atoms with Crippen LogP contribution >= 0.6 is 27.3 Å². The second-order valence-electron chi connectivity index (χ2n) is 4.85. The summed E-state index contributed by atoms with van der Waals surface area (Å²) in [5.74, 6) is -0.132. The van der Waals surface area contributed by atoms with Gasteiger partial charge in [-0.3, -0.25) is 10.1 Å². The van der Waals surface area contributed by atoms with E-state index >= 15 is 0 Å². The van der Waals surface area contributed by atoms with Gasteiger partial charge in [0.05, 0.1) is 5.69 Å². The highest BCUT2D eigenvalue weighted by Crippen LogP contribution is 2.29. The van der Waals surface area contributed by atoms with Crippen molar-refractivity contribution in [2.75, 3.05) is 5.32 Å². The molecule has 0 radical (unpaired) electrons. The van der Waals surface area contributed by atoms with Crippen LogP contribution in [0.3, 0.4) is 0 Å². The number of fused-ring (bicyclic) bond motifs is 1. The number of hydrogen-bond acceptors (Lipinski definition) is 4. The largest absolute Gasteiger partial charge is 0.327 e. The molecule has 1 aliphatic carbocycles. The van der Waals surface area contributed by atoms with Crippen LogP contribution in [-0.4, -0.2) is 16.9 Å². The average molecular weight is 352 g/mol. The van der Waals surface area contributed by atoms with Crippen molar-refractivity contribution in [1.82, 2.24) is 4.98 Å². The maximum atomic E-state index is 12.1. The first-order chi connectivity index (χ1) is 9.61. The van der Waals surface area contributed by atoms with Crippen molar-refractivity contribution in [2.24, 2.45) is 5.73 Å². The number of rotatable bonds is 2. The van der Waals surface area contributed by atoms with Gasteiger partial charge in [-0.2, -0.15) is 0 Å². The summed E-state index contributed by atoms with van der Waals surface area (Å²) in [6, 6.07) is 7.48. The zero-order valence-electron chi connectivity index (χ0n) is 10.7. The predicted octanol–water partition coefficient (Wildman–Crippen LogP) is 2.97. The molecule has 0 aliphatic heterocycles. The third-order valence-corrected chi connectivity index (χ3v) is 4.87. The summed E-state index contributed by atoms with van der Waals surface area (Å²) >= 11 is 4.88. The average Bonchev–Trinajstić information content (AvgIpc) is 2.80. The molecule has 104 valence electrons. The Bertz CT molecular complexity index is 638. The Hall–Kier alpha value is -1.24. The minimum Gasteiger partial charge on any atom is -0.327 e. The standard InChI is InChI=1S/C14H14BrN3OS/c15-9-3-1-8(2-4-9)13(19)18-14-17-11-6-5-10(16)7-12(11)20-14/h1-4,10H,5-7,16H2,(H,17,18,19)/t10-/m0/s1. The molecule has 2 aromatic rings. The number of halogens is 1. The Morgan fingerprint density at radius 1 is 1.40 bits per heavy atom. The van der Waals surface area contributed by atoms with Crippen molar-refractivity contribution in [3.63, 3.8) is 0 Å². The maximum Gasteiger partial charge on any atom is 0.257 e. The Morgan fingerprint density at radius 3 is 2.90 bits per heavy atom. The molecule has 0 saturated heterocycles. The molecule has 0 fully saturated rings. The fourth-order valence-electron chi connectivity index (χ4n) is 2.22. The molecule has 0 spiro atoms. The minimum absolute atomic E-state index is 0.132. The zero-order chi connectivity index (χ0) is 14.1. The Morgan fingerprint density at radius 2 is 2.15 bits per heavy atom. The van der Waals surface area contributed by atoms with Gasteiger partial charge in [0.2, 0.25) is 0 Å². The highest BCUT2D eigenvalue weighted by Gasteiger charge is 2.20. The van der Waals surface area contributed by atoms with E-state index in [0.29, 0.717) is 10.7 Å². The lowest BCUT2D eigenvalue weighted by Crippen LogP contribution is -2.27. The highest BCUT2D eigenvalue weighted by atomic mass is 79.9. The Kier molecular flexibility index (Phi) is 3.87. The predicted molar refractivity (Wildman–Crippen MR) is 84.2 cm³/mol. The fourth-order valence-corrected chi connectivity index (χ4v) is 3.58. The summed E-state index contributed by atoms with van der Waals surface area (Å²) < 4.78 is 0.952. The molecule has 1 heterocycles. The molecule has 1 aromatic carbocycles. The van der Waals surface area contributed by atoms with Gasteiger partial charge in [0.1, 0.15) is 0 Å². The number of nitrogens with zero attached hydrogens (tertiary/aromatic N) is 1. The number of nitrogens with two attached hydrogens (primary N) is 1. The Balaban J connectivity index is 1.75. The van der Waals surface area contributed by atoms with E-state index < -0.39 is 0 Å². The van der Waals surface area contributed by atoms with Crippen LogP contribution in [-0.2, 0) is 12.8 Å². The summed E-state index contributed by atoms with van der Waals surface area (Å²) in [7, 11) is 0. The maximum absolute atomic E-state index is 12.1. The fraction of sp³-hybridized carbons (Fsp3) is 0.286. The molecular weight excluding hydrogens is 338 g/mol. The van der Waals surface area contributed by atoms with Crippen molar-refractivity contribution in [2.45, 2.75) is 25.3 Å². The molecule has 1 aromatic heterocycles. The first kappa shape index (κ1) is 13.7. The van der Waals surface area contributed by atoms with E-state index in [2.05, 4.69) is 26.2 Å². The number of thiazole rings is 1. The van der Waals surface area contributed by atoms with E-state index in [1.807, 2.05) is 12.1 Å². The molecule has 1 atom stereocenters. The molecule has 4 nitrogen and oxygen atoms in total. The van der Waals surface area contributed by atoms with E-state index in [-0.39, 0.29) is 11.9 Å². The van der Waals surface area contributed by atoms with Gasteiger partial charge in [0, 0.05) is 21.0 Å². The topological polar surface area (TPSA) is 68.0 Å². The van der Waals surface area contributed by atoms with Gasteiger partial charge in [-0.05, 0) is 43.5 Å². The van der Waals surface area contributed by atoms with Crippen molar-refractivity contribution in [3.8, 4) is 0 Å². The lowest BCUT2D eigenvalue weighted by atomic mass is 9.99. The molecule has 3 N–H and O–H groups in total. The number of anilines is 1. The van der Waals surface area contributed by atoms with Crippen molar-refractivity contribution in [3.05, 3.63) is 44.9 Å². The first-order valence-corrected chi connectivity index (χ1v) is 8.04. The molecule has 0 unspecified atom stereocenters. The van der Waals surface area contributed by atoms with E-state index in [9.17, 15) is 4.79 Å².